The van der Waals surface area contributed by atoms with Crippen LogP contribution in [-0.4, -0.2) is 25.0 Å². The number of imide groups is 1. The van der Waals surface area contributed by atoms with Crippen LogP contribution in [0.1, 0.15) is 29.5 Å². The average Bonchev–Trinajstić information content (AvgIpc) is 3.27. The van der Waals surface area contributed by atoms with Gasteiger partial charge >= 0.3 is 6.03 Å². The van der Waals surface area contributed by atoms with Gasteiger partial charge in [-0.05, 0) is 23.6 Å². The molecule has 7 heteroatoms. The molecule has 1 saturated heterocycles. The Morgan fingerprint density at radius 3 is 3.00 bits per heavy atom. The molecule has 0 spiro atoms. The number of urea groups is 1. The molecule has 0 bridgehead atoms. The molecule has 0 radical (unpaired) electrons. The highest BCUT2D eigenvalue weighted by Crippen LogP contribution is 2.23. The third-order valence-electron chi connectivity index (χ3n) is 4.01. The number of hydrogen-bond acceptors (Lipinski definition) is 4. The summed E-state index contributed by atoms with van der Waals surface area (Å²) in [7, 11) is 0. The maximum atomic E-state index is 12.1. The van der Waals surface area contributed by atoms with E-state index in [2.05, 4.69) is 22.1 Å². The second-order valence-corrected chi connectivity index (χ2v) is 6.58. The van der Waals surface area contributed by atoms with E-state index < -0.39 is 6.03 Å². The molecule has 1 unspecified atom stereocenters. The molecule has 3 N–H and O–H groups in total. The predicted molar refractivity (Wildman–Crippen MR) is 86.1 cm³/mol. The zero-order valence-electron chi connectivity index (χ0n) is 12.7. The van der Waals surface area contributed by atoms with E-state index in [1.165, 1.54) is 9.78 Å². The van der Waals surface area contributed by atoms with Crippen LogP contribution in [0.15, 0.2) is 40.3 Å². The van der Waals surface area contributed by atoms with Crippen LogP contribution < -0.4 is 15.5 Å². The minimum absolute atomic E-state index is 0.250. The van der Waals surface area contributed by atoms with E-state index in [-0.39, 0.29) is 12.5 Å². The van der Waals surface area contributed by atoms with Gasteiger partial charge in [-0.2, -0.15) is 0 Å². The first-order chi connectivity index (χ1) is 11.2. The number of nitrogens with one attached hydrogen (secondary N) is 3. The lowest BCUT2D eigenvalue weighted by molar-refractivity contribution is -0.910. The lowest BCUT2D eigenvalue weighted by Gasteiger charge is -2.19. The topological polar surface area (TPSA) is 75.8 Å². The van der Waals surface area contributed by atoms with Crippen LogP contribution in [0.25, 0.3) is 0 Å². The molecular weight excluding hydrogens is 314 g/mol. The Morgan fingerprint density at radius 1 is 1.35 bits per heavy atom. The van der Waals surface area contributed by atoms with Crippen LogP contribution in [0, 0.1) is 0 Å². The van der Waals surface area contributed by atoms with E-state index in [4.69, 9.17) is 4.42 Å². The third-order valence-corrected chi connectivity index (χ3v) is 5.00. The smallest absolute Gasteiger partial charge is 0.321 e. The van der Waals surface area contributed by atoms with Gasteiger partial charge in [-0.1, -0.05) is 6.07 Å². The molecule has 2 aromatic rings. The molecule has 0 aliphatic carbocycles. The summed E-state index contributed by atoms with van der Waals surface area (Å²) in [5.41, 5.74) is 0. The van der Waals surface area contributed by atoms with Crippen molar-refractivity contribution < 1.29 is 18.9 Å². The van der Waals surface area contributed by atoms with Gasteiger partial charge in [0, 0.05) is 12.8 Å². The third kappa shape index (κ3) is 4.20. The number of quaternary nitrogens is 1. The standard InChI is InChI=1S/C16H19N3O3S/c20-15(18-16(21)17-10-12-4-2-8-22-12)11-19-7-1-5-13(19)14-6-3-9-23-14/h2-4,6,8-9,13H,1,5,7,10-11H2,(H2,17,18,20,21)/p+1/t13-/m0/s1. The van der Waals surface area contributed by atoms with Gasteiger partial charge in [-0.25, -0.2) is 4.79 Å². The van der Waals surface area contributed by atoms with Gasteiger partial charge in [-0.3, -0.25) is 10.1 Å². The van der Waals surface area contributed by atoms with Gasteiger partial charge in [0.15, 0.2) is 6.54 Å². The van der Waals surface area contributed by atoms with Crippen LogP contribution in [0.4, 0.5) is 4.79 Å². The van der Waals surface area contributed by atoms with Gasteiger partial charge in [-0.15, -0.1) is 11.3 Å². The maximum absolute atomic E-state index is 12.1. The van der Waals surface area contributed by atoms with E-state index >= 15 is 0 Å². The number of hydrogen-bond donors (Lipinski definition) is 3. The van der Waals surface area contributed by atoms with Gasteiger partial charge in [0.25, 0.3) is 5.91 Å². The zero-order valence-corrected chi connectivity index (χ0v) is 13.5. The van der Waals surface area contributed by atoms with Crippen LogP contribution in [0.5, 0.6) is 0 Å². The monoisotopic (exact) mass is 334 g/mol. The first-order valence-electron chi connectivity index (χ1n) is 7.70. The molecule has 1 aliphatic heterocycles. The lowest BCUT2D eigenvalue weighted by Crippen LogP contribution is -3.11. The molecule has 2 aromatic heterocycles. The summed E-state index contributed by atoms with van der Waals surface area (Å²) in [5.74, 6) is 0.399. The quantitative estimate of drug-likeness (QED) is 0.766. The number of amides is 3. The summed E-state index contributed by atoms with van der Waals surface area (Å²) in [6, 6.07) is 7.56. The first-order valence-corrected chi connectivity index (χ1v) is 8.58. The van der Waals surface area contributed by atoms with Crippen molar-refractivity contribution in [2.24, 2.45) is 0 Å². The summed E-state index contributed by atoms with van der Waals surface area (Å²) in [6.07, 6.45) is 3.74. The second-order valence-electron chi connectivity index (χ2n) is 5.61. The highest BCUT2D eigenvalue weighted by atomic mass is 32.1. The Morgan fingerprint density at radius 2 is 2.26 bits per heavy atom. The van der Waals surface area contributed by atoms with E-state index in [0.717, 1.165) is 19.4 Å². The van der Waals surface area contributed by atoms with Crippen LogP contribution in [-0.2, 0) is 11.3 Å². The Kier molecular flexibility index (Phi) is 5.09. The molecule has 1 fully saturated rings. The summed E-state index contributed by atoms with van der Waals surface area (Å²) in [5, 5.41) is 7.06. The molecular formula is C16H20N3O3S+. The molecule has 6 nitrogen and oxygen atoms in total. The molecule has 3 amide bonds. The van der Waals surface area contributed by atoms with Crippen LogP contribution >= 0.6 is 11.3 Å². The second kappa shape index (κ2) is 7.43. The first kappa shape index (κ1) is 15.8. The van der Waals surface area contributed by atoms with Crippen LogP contribution in [0.2, 0.25) is 0 Å². The largest absolute Gasteiger partial charge is 0.467 e. The Hall–Kier alpha value is -2.12. The minimum Gasteiger partial charge on any atom is -0.467 e. The van der Waals surface area contributed by atoms with E-state index in [1.54, 1.807) is 29.7 Å². The molecule has 0 saturated carbocycles. The van der Waals surface area contributed by atoms with Crippen molar-refractivity contribution >= 4 is 23.3 Å². The van der Waals surface area contributed by atoms with Crippen LogP contribution in [0.3, 0.4) is 0 Å². The van der Waals surface area contributed by atoms with E-state index in [1.807, 2.05) is 6.07 Å². The summed E-state index contributed by atoms with van der Waals surface area (Å²) >= 11 is 1.73. The molecule has 3 rings (SSSR count). The van der Waals surface area contributed by atoms with Gasteiger partial charge in [0.2, 0.25) is 0 Å². The fourth-order valence-electron chi connectivity index (χ4n) is 2.96. The number of furan rings is 1. The summed E-state index contributed by atoms with van der Waals surface area (Å²) in [6.45, 7) is 1.54. The number of likely N-dealkylation sites (tertiary alicyclic amines) is 1. The SMILES string of the molecule is O=C(C[NH+]1CCC[C@H]1c1cccs1)NC(=O)NCc1ccco1. The fourth-order valence-corrected chi connectivity index (χ4v) is 3.88. The van der Waals surface area contributed by atoms with E-state index in [0.29, 0.717) is 18.3 Å². The fraction of sp³-hybridized carbons (Fsp3) is 0.375. The highest BCUT2D eigenvalue weighted by molar-refractivity contribution is 7.10. The minimum atomic E-state index is -0.488. The number of carbonyl (C=O) groups excluding carboxylic acids is 2. The Balaban J connectivity index is 1.46. The van der Waals surface area contributed by atoms with Crippen molar-refractivity contribution in [3.63, 3.8) is 0 Å². The number of rotatable bonds is 5. The van der Waals surface area contributed by atoms with Gasteiger partial charge in [0.1, 0.15) is 11.8 Å². The van der Waals surface area contributed by atoms with Crippen molar-refractivity contribution in [3.05, 3.63) is 46.5 Å². The van der Waals surface area contributed by atoms with Crippen molar-refractivity contribution in [3.8, 4) is 0 Å². The molecule has 23 heavy (non-hydrogen) atoms. The van der Waals surface area contributed by atoms with Crippen molar-refractivity contribution in [1.82, 2.24) is 10.6 Å². The van der Waals surface area contributed by atoms with Crippen molar-refractivity contribution in [2.45, 2.75) is 25.4 Å². The Bertz CT molecular complexity index is 640. The highest BCUT2D eigenvalue weighted by Gasteiger charge is 2.32. The maximum Gasteiger partial charge on any atom is 0.321 e. The Labute approximate surface area is 138 Å². The average molecular weight is 334 g/mol. The number of thiophene rings is 1. The summed E-state index contributed by atoms with van der Waals surface area (Å²) in [4.78, 5) is 26.4. The molecule has 122 valence electrons. The molecule has 0 aromatic carbocycles. The predicted octanol–water partition coefficient (Wildman–Crippen LogP) is 1.09. The molecule has 3 heterocycles. The molecule has 1 aliphatic rings. The van der Waals surface area contributed by atoms with Gasteiger partial charge < -0.3 is 14.6 Å². The lowest BCUT2D eigenvalue weighted by atomic mass is 10.2. The van der Waals surface area contributed by atoms with Crippen molar-refractivity contribution in [1.29, 1.82) is 0 Å². The zero-order chi connectivity index (χ0) is 16.1. The normalized spacial score (nSPS) is 20.3. The number of carbonyl (C=O) groups is 2. The van der Waals surface area contributed by atoms with E-state index in [9.17, 15) is 9.59 Å². The summed E-state index contributed by atoms with van der Waals surface area (Å²) < 4.78 is 5.12. The van der Waals surface area contributed by atoms with Gasteiger partial charge in [0.05, 0.1) is 24.2 Å². The molecule has 2 atom stereocenters. The van der Waals surface area contributed by atoms with Crippen molar-refractivity contribution in [2.75, 3.05) is 13.1 Å².